The maximum atomic E-state index is 6.05. The van der Waals surface area contributed by atoms with E-state index >= 15 is 0 Å². The molecular weight excluding hydrogens is 901 g/mol. The van der Waals surface area contributed by atoms with Crippen molar-refractivity contribution in [3.05, 3.63) is 205 Å². The Morgan fingerprint density at radius 3 is 1.14 bits per heavy atom. The van der Waals surface area contributed by atoms with E-state index in [1.807, 2.05) is 0 Å². The molecule has 0 saturated heterocycles. The monoisotopic (exact) mass is 958 g/mol. The van der Waals surface area contributed by atoms with Crippen LogP contribution in [0.15, 0.2) is 188 Å². The third-order valence-corrected chi connectivity index (χ3v) is 15.7. The number of benzene rings is 9. The van der Waals surface area contributed by atoms with E-state index in [1.54, 1.807) is 0 Å². The Hall–Kier alpha value is -8.48. The summed E-state index contributed by atoms with van der Waals surface area (Å²) < 4.78 is 4.94. The second-order valence-corrected chi connectivity index (χ2v) is 23.6. The van der Waals surface area contributed by atoms with Crippen LogP contribution in [0.4, 0.5) is 34.1 Å². The molecule has 0 aliphatic rings. The van der Waals surface area contributed by atoms with Crippen molar-refractivity contribution < 1.29 is 0 Å². The molecule has 0 spiro atoms. The molecule has 0 aliphatic carbocycles. The van der Waals surface area contributed by atoms with Gasteiger partial charge in [0.2, 0.25) is 0 Å². The van der Waals surface area contributed by atoms with Crippen molar-refractivity contribution in [3.8, 4) is 0 Å². The molecule has 6 nitrogen and oxygen atoms in total. The fourth-order valence-corrected chi connectivity index (χ4v) is 11.9. The molecule has 9 aromatic carbocycles. The highest BCUT2D eigenvalue weighted by Crippen LogP contribution is 2.52. The number of aromatic nitrogens is 4. The van der Waals surface area contributed by atoms with Crippen LogP contribution in [0.1, 0.15) is 79.0 Å². The standard InChI is InChI=1S/C68H58N6/c1-66(2,3)42-35-50-51-36-44(68(7,8)9)40-56(72(47-29-18-12-19-30-47)48-31-20-13-21-32-48)62(51)73-60(50)53(38-42)58-64(73)69-59-54-39-43(67(4,5)6)37-52-57-49-33-23-22-24-41(49)34-55(63(57)74(61(52)54)65(59)70-58)71(45-25-14-10-15-26-45)46-27-16-11-17-28-46/h10-40H,1-9H3. The highest BCUT2D eigenvalue weighted by Gasteiger charge is 2.33. The van der Waals surface area contributed by atoms with Gasteiger partial charge in [0.25, 0.3) is 0 Å². The maximum absolute atomic E-state index is 6.05. The molecule has 5 heterocycles. The van der Waals surface area contributed by atoms with Crippen LogP contribution in [0.2, 0.25) is 0 Å². The van der Waals surface area contributed by atoms with Gasteiger partial charge < -0.3 is 9.80 Å². The summed E-state index contributed by atoms with van der Waals surface area (Å²) in [5.41, 5.74) is 18.0. The minimum Gasteiger partial charge on any atom is -0.308 e. The van der Waals surface area contributed by atoms with Gasteiger partial charge in [-0.3, -0.25) is 8.80 Å². The van der Waals surface area contributed by atoms with Gasteiger partial charge in [-0.2, -0.15) is 0 Å². The molecule has 0 bridgehead atoms. The summed E-state index contributed by atoms with van der Waals surface area (Å²) in [5, 5.41) is 9.50. The third-order valence-electron chi connectivity index (χ3n) is 15.7. The number of para-hydroxylation sites is 4. The predicted molar refractivity (Wildman–Crippen MR) is 314 cm³/mol. The highest BCUT2D eigenvalue weighted by atomic mass is 15.2. The van der Waals surface area contributed by atoms with E-state index < -0.39 is 0 Å². The van der Waals surface area contributed by atoms with Gasteiger partial charge in [-0.25, -0.2) is 9.97 Å². The summed E-state index contributed by atoms with van der Waals surface area (Å²) in [6.45, 7) is 20.9. The van der Waals surface area contributed by atoms with Crippen LogP contribution in [0, 0.1) is 0 Å². The van der Waals surface area contributed by atoms with Gasteiger partial charge in [0.15, 0.2) is 11.3 Å². The van der Waals surface area contributed by atoms with Crippen molar-refractivity contribution in [2.45, 2.75) is 78.6 Å². The first-order chi connectivity index (χ1) is 35.6. The lowest BCUT2D eigenvalue weighted by molar-refractivity contribution is 0.591. The lowest BCUT2D eigenvalue weighted by Gasteiger charge is -2.29. The summed E-state index contributed by atoms with van der Waals surface area (Å²) >= 11 is 0. The number of hydrogen-bond acceptors (Lipinski definition) is 4. The summed E-state index contributed by atoms with van der Waals surface area (Å²) in [6.07, 6.45) is 0. The number of rotatable bonds is 6. The zero-order chi connectivity index (χ0) is 50.6. The lowest BCUT2D eigenvalue weighted by Crippen LogP contribution is -2.15. The van der Waals surface area contributed by atoms with E-state index in [4.69, 9.17) is 9.97 Å². The molecule has 0 atom stereocenters. The normalized spacial score (nSPS) is 12.9. The minimum atomic E-state index is -0.153. The van der Waals surface area contributed by atoms with Crippen molar-refractivity contribution in [2.24, 2.45) is 0 Å². The van der Waals surface area contributed by atoms with Crippen LogP contribution in [0.3, 0.4) is 0 Å². The Morgan fingerprint density at radius 2 is 0.676 bits per heavy atom. The molecule has 0 unspecified atom stereocenters. The molecule has 0 N–H and O–H groups in total. The van der Waals surface area contributed by atoms with Gasteiger partial charge in [0.05, 0.1) is 33.4 Å². The van der Waals surface area contributed by atoms with E-state index in [0.717, 1.165) is 89.3 Å². The predicted octanol–water partition coefficient (Wildman–Crippen LogP) is 18.8. The zero-order valence-corrected chi connectivity index (χ0v) is 43.6. The van der Waals surface area contributed by atoms with Crippen molar-refractivity contribution in [2.75, 3.05) is 9.80 Å². The van der Waals surface area contributed by atoms with Gasteiger partial charge in [-0.05, 0) is 135 Å². The molecule has 14 aromatic rings. The van der Waals surface area contributed by atoms with Crippen molar-refractivity contribution in [1.82, 2.24) is 18.8 Å². The van der Waals surface area contributed by atoms with Gasteiger partial charge in [-0.1, -0.05) is 159 Å². The zero-order valence-electron chi connectivity index (χ0n) is 43.6. The second-order valence-electron chi connectivity index (χ2n) is 23.6. The smallest absolute Gasteiger partial charge is 0.165 e. The Balaban J connectivity index is 1.21. The fourth-order valence-electron chi connectivity index (χ4n) is 11.9. The Kier molecular flexibility index (Phi) is 9.28. The van der Waals surface area contributed by atoms with Crippen molar-refractivity contribution >= 4 is 122 Å². The van der Waals surface area contributed by atoms with E-state index in [9.17, 15) is 0 Å². The van der Waals surface area contributed by atoms with E-state index in [-0.39, 0.29) is 16.2 Å². The molecule has 0 aliphatic heterocycles. The Labute approximate surface area is 431 Å². The van der Waals surface area contributed by atoms with Crippen LogP contribution in [-0.2, 0) is 16.2 Å². The SMILES string of the molecule is CC(C)(C)c1cc(N(c2ccccc2)c2ccccc2)c2c(c1)c1cc(C(C)(C)C)cc3c4nc5c(nc4n2c13)c1cc(C(C)(C)C)cc2c3c4ccccc4cc(N(c4ccccc4)c4ccccc4)c3n5c12. The summed E-state index contributed by atoms with van der Waals surface area (Å²) in [4.78, 5) is 17.0. The first-order valence-corrected chi connectivity index (χ1v) is 26.1. The minimum absolute atomic E-state index is 0.135. The van der Waals surface area contributed by atoms with Crippen LogP contribution in [0.5, 0.6) is 0 Å². The summed E-state index contributed by atoms with van der Waals surface area (Å²) in [6, 6.07) is 69.1. The molecule has 360 valence electrons. The lowest BCUT2D eigenvalue weighted by atomic mass is 9.84. The van der Waals surface area contributed by atoms with E-state index in [0.29, 0.717) is 0 Å². The Bertz CT molecular complexity index is 4430. The topological polar surface area (TPSA) is 41.1 Å². The van der Waals surface area contributed by atoms with Crippen LogP contribution in [0.25, 0.3) is 87.5 Å². The van der Waals surface area contributed by atoms with Crippen LogP contribution < -0.4 is 9.80 Å². The maximum Gasteiger partial charge on any atom is 0.165 e. The molecule has 0 fully saturated rings. The van der Waals surface area contributed by atoms with Crippen LogP contribution >= 0.6 is 0 Å². The number of nitrogens with zero attached hydrogens (tertiary/aromatic N) is 6. The molecular formula is C68H58N6. The first kappa shape index (κ1) is 44.2. The molecule has 0 radical (unpaired) electrons. The largest absolute Gasteiger partial charge is 0.308 e. The molecule has 6 heteroatoms. The average Bonchev–Trinajstić information content (AvgIpc) is 4.12. The number of anilines is 6. The second kappa shape index (κ2) is 15.5. The van der Waals surface area contributed by atoms with Gasteiger partial charge in [-0.15, -0.1) is 0 Å². The summed E-state index contributed by atoms with van der Waals surface area (Å²) in [5.74, 6) is 0. The van der Waals surface area contributed by atoms with E-state index in [1.165, 1.54) is 49.0 Å². The molecule has 14 rings (SSSR count). The number of fused-ring (bicyclic) bond motifs is 14. The highest BCUT2D eigenvalue weighted by molar-refractivity contribution is 6.32. The molecule has 5 aromatic heterocycles. The van der Waals surface area contributed by atoms with Crippen LogP contribution in [-0.4, -0.2) is 18.8 Å². The average molecular weight is 959 g/mol. The van der Waals surface area contributed by atoms with E-state index in [2.05, 4.69) is 269 Å². The van der Waals surface area contributed by atoms with Gasteiger partial charge in [0, 0.05) is 55.1 Å². The third kappa shape index (κ3) is 6.43. The van der Waals surface area contributed by atoms with Gasteiger partial charge in [0.1, 0.15) is 11.0 Å². The first-order valence-electron chi connectivity index (χ1n) is 26.1. The fraction of sp³-hybridized carbons (Fsp3) is 0.176. The number of hydrogen-bond donors (Lipinski definition) is 0. The van der Waals surface area contributed by atoms with Gasteiger partial charge >= 0.3 is 0 Å². The molecule has 0 amide bonds. The quantitative estimate of drug-likeness (QED) is 0.167. The van der Waals surface area contributed by atoms with Crippen molar-refractivity contribution in [3.63, 3.8) is 0 Å². The Morgan fingerprint density at radius 1 is 0.324 bits per heavy atom. The summed E-state index contributed by atoms with van der Waals surface area (Å²) in [7, 11) is 0. The molecule has 74 heavy (non-hydrogen) atoms. The van der Waals surface area contributed by atoms with Crippen molar-refractivity contribution in [1.29, 1.82) is 0 Å². The molecule has 0 saturated carbocycles.